The molecule has 0 spiro atoms. The van der Waals surface area contributed by atoms with Gasteiger partial charge in [0.25, 0.3) is 0 Å². The molecule has 0 atom stereocenters. The third-order valence-electron chi connectivity index (χ3n) is 2.73. The van der Waals surface area contributed by atoms with Gasteiger partial charge < -0.3 is 4.74 Å². The summed E-state index contributed by atoms with van der Waals surface area (Å²) in [6, 6.07) is 4.07. The first-order chi connectivity index (χ1) is 7.63. The van der Waals surface area contributed by atoms with Gasteiger partial charge in [0.05, 0.1) is 18.3 Å². The summed E-state index contributed by atoms with van der Waals surface area (Å²) in [6.07, 6.45) is 1.62. The lowest BCUT2D eigenvalue weighted by Crippen LogP contribution is -1.97. The Labute approximate surface area is 95.5 Å². The Morgan fingerprint density at radius 3 is 2.56 bits per heavy atom. The number of methoxy groups -OCH3 is 1. The lowest BCUT2D eigenvalue weighted by molar-refractivity contribution is 0.412. The molecule has 0 aliphatic heterocycles. The lowest BCUT2D eigenvalue weighted by atomic mass is 10.0. The minimum Gasteiger partial charge on any atom is -0.496 e. The first-order valence-electron chi connectivity index (χ1n) is 5.42. The summed E-state index contributed by atoms with van der Waals surface area (Å²) in [6.45, 7) is 6.32. The van der Waals surface area contributed by atoms with Crippen molar-refractivity contribution in [3.05, 3.63) is 29.7 Å². The van der Waals surface area contributed by atoms with Crippen molar-refractivity contribution in [3.8, 4) is 5.75 Å². The summed E-state index contributed by atoms with van der Waals surface area (Å²) in [7, 11) is 1.68. The van der Waals surface area contributed by atoms with Gasteiger partial charge in [-0.05, 0) is 24.5 Å². The maximum Gasteiger partial charge on any atom is 0.123 e. The second-order valence-electron chi connectivity index (χ2n) is 4.25. The predicted molar refractivity (Wildman–Crippen MR) is 64.9 cm³/mol. The molecule has 3 nitrogen and oxygen atoms in total. The van der Waals surface area contributed by atoms with Gasteiger partial charge in [0.2, 0.25) is 0 Å². The van der Waals surface area contributed by atoms with Crippen LogP contribution in [-0.4, -0.2) is 17.1 Å². The molecular formula is C13H16N2O. The van der Waals surface area contributed by atoms with Crippen LogP contribution in [0.5, 0.6) is 5.75 Å². The monoisotopic (exact) mass is 216 g/mol. The normalized spacial score (nSPS) is 11.1. The Morgan fingerprint density at radius 2 is 1.94 bits per heavy atom. The number of benzene rings is 1. The van der Waals surface area contributed by atoms with Gasteiger partial charge in [0, 0.05) is 11.5 Å². The molecule has 0 amide bonds. The van der Waals surface area contributed by atoms with E-state index in [0.29, 0.717) is 5.92 Å². The van der Waals surface area contributed by atoms with Crippen LogP contribution in [0, 0.1) is 6.92 Å². The number of rotatable bonds is 2. The fourth-order valence-corrected chi connectivity index (χ4v) is 1.89. The van der Waals surface area contributed by atoms with Gasteiger partial charge in [0.1, 0.15) is 12.1 Å². The van der Waals surface area contributed by atoms with Crippen molar-refractivity contribution in [3.63, 3.8) is 0 Å². The largest absolute Gasteiger partial charge is 0.496 e. The second-order valence-corrected chi connectivity index (χ2v) is 4.25. The number of fused-ring (bicyclic) bond motifs is 1. The van der Waals surface area contributed by atoms with Gasteiger partial charge in [-0.3, -0.25) is 0 Å². The van der Waals surface area contributed by atoms with Gasteiger partial charge in [-0.25, -0.2) is 9.97 Å². The van der Waals surface area contributed by atoms with Crippen LogP contribution in [0.2, 0.25) is 0 Å². The molecule has 1 aromatic carbocycles. The summed E-state index contributed by atoms with van der Waals surface area (Å²) in [5.41, 5.74) is 3.16. The van der Waals surface area contributed by atoms with Crippen LogP contribution in [0.3, 0.4) is 0 Å². The molecular weight excluding hydrogens is 200 g/mol. The molecule has 0 unspecified atom stereocenters. The summed E-state index contributed by atoms with van der Waals surface area (Å²) in [5, 5.41) is 1.12. The zero-order valence-electron chi connectivity index (χ0n) is 10.1. The van der Waals surface area contributed by atoms with E-state index in [9.17, 15) is 0 Å². The highest BCUT2D eigenvalue weighted by Crippen LogP contribution is 2.28. The zero-order chi connectivity index (χ0) is 11.7. The number of aryl methyl sites for hydroxylation is 1. The molecule has 0 fully saturated rings. The Bertz CT molecular complexity index is 521. The Morgan fingerprint density at radius 1 is 1.19 bits per heavy atom. The number of hydrogen-bond donors (Lipinski definition) is 0. The molecule has 0 aliphatic rings. The van der Waals surface area contributed by atoms with E-state index < -0.39 is 0 Å². The fraction of sp³-hybridized carbons (Fsp3) is 0.385. The van der Waals surface area contributed by atoms with E-state index in [1.54, 1.807) is 13.4 Å². The molecule has 16 heavy (non-hydrogen) atoms. The summed E-state index contributed by atoms with van der Waals surface area (Å²) < 4.78 is 5.29. The highest BCUT2D eigenvalue weighted by atomic mass is 16.5. The Kier molecular flexibility index (Phi) is 2.77. The van der Waals surface area contributed by atoms with Gasteiger partial charge in [0.15, 0.2) is 0 Å². The molecule has 0 aliphatic carbocycles. The second kappa shape index (κ2) is 4.08. The minimum absolute atomic E-state index is 0.401. The topological polar surface area (TPSA) is 35.0 Å². The van der Waals surface area contributed by atoms with E-state index in [2.05, 4.69) is 29.9 Å². The van der Waals surface area contributed by atoms with Crippen molar-refractivity contribution >= 4 is 10.9 Å². The van der Waals surface area contributed by atoms with Crippen LogP contribution in [0.4, 0.5) is 0 Å². The minimum atomic E-state index is 0.401. The van der Waals surface area contributed by atoms with Gasteiger partial charge >= 0.3 is 0 Å². The fourth-order valence-electron chi connectivity index (χ4n) is 1.89. The average molecular weight is 216 g/mol. The van der Waals surface area contributed by atoms with E-state index in [-0.39, 0.29) is 0 Å². The van der Waals surface area contributed by atoms with Gasteiger partial charge in [-0.2, -0.15) is 0 Å². The number of hydrogen-bond acceptors (Lipinski definition) is 3. The van der Waals surface area contributed by atoms with Crippen LogP contribution in [0.25, 0.3) is 10.9 Å². The number of aromatic nitrogens is 2. The van der Waals surface area contributed by atoms with Crippen molar-refractivity contribution in [1.82, 2.24) is 9.97 Å². The highest BCUT2D eigenvalue weighted by Gasteiger charge is 2.09. The van der Waals surface area contributed by atoms with Crippen molar-refractivity contribution in [2.75, 3.05) is 7.11 Å². The van der Waals surface area contributed by atoms with Gasteiger partial charge in [-0.1, -0.05) is 13.8 Å². The quantitative estimate of drug-likeness (QED) is 0.773. The zero-order valence-corrected chi connectivity index (χ0v) is 10.1. The third kappa shape index (κ3) is 1.73. The standard InChI is InChI=1S/C13H16N2O/c1-8(2)13-10-5-9(3)12(16-4)6-11(10)14-7-15-13/h5-8H,1-4H3. The first-order valence-corrected chi connectivity index (χ1v) is 5.42. The molecule has 1 aromatic heterocycles. The summed E-state index contributed by atoms with van der Waals surface area (Å²) >= 11 is 0. The highest BCUT2D eigenvalue weighted by molar-refractivity contribution is 5.83. The van der Waals surface area contributed by atoms with E-state index >= 15 is 0 Å². The maximum absolute atomic E-state index is 5.29. The maximum atomic E-state index is 5.29. The average Bonchev–Trinajstić information content (AvgIpc) is 2.27. The van der Waals surface area contributed by atoms with E-state index in [1.165, 1.54) is 0 Å². The SMILES string of the molecule is COc1cc2ncnc(C(C)C)c2cc1C. The molecule has 0 bridgehead atoms. The van der Waals surface area contributed by atoms with Crippen LogP contribution < -0.4 is 4.74 Å². The molecule has 2 rings (SSSR count). The molecule has 1 heterocycles. The molecule has 2 aromatic rings. The summed E-state index contributed by atoms with van der Waals surface area (Å²) in [5.74, 6) is 1.28. The van der Waals surface area contributed by atoms with Crippen LogP contribution in [-0.2, 0) is 0 Å². The Hall–Kier alpha value is -1.64. The molecule has 0 saturated heterocycles. The van der Waals surface area contributed by atoms with E-state index in [0.717, 1.165) is 27.9 Å². The van der Waals surface area contributed by atoms with Crippen molar-refractivity contribution in [2.45, 2.75) is 26.7 Å². The van der Waals surface area contributed by atoms with Gasteiger partial charge in [-0.15, -0.1) is 0 Å². The number of nitrogens with zero attached hydrogens (tertiary/aromatic N) is 2. The predicted octanol–water partition coefficient (Wildman–Crippen LogP) is 3.07. The third-order valence-corrected chi connectivity index (χ3v) is 2.73. The number of ether oxygens (including phenoxy) is 1. The van der Waals surface area contributed by atoms with E-state index in [4.69, 9.17) is 4.74 Å². The van der Waals surface area contributed by atoms with Crippen LogP contribution in [0.15, 0.2) is 18.5 Å². The molecule has 0 radical (unpaired) electrons. The van der Waals surface area contributed by atoms with Crippen molar-refractivity contribution in [1.29, 1.82) is 0 Å². The Balaban J connectivity index is 2.74. The molecule has 3 heteroatoms. The van der Waals surface area contributed by atoms with Crippen LogP contribution >= 0.6 is 0 Å². The van der Waals surface area contributed by atoms with Crippen molar-refractivity contribution in [2.24, 2.45) is 0 Å². The molecule has 84 valence electrons. The van der Waals surface area contributed by atoms with E-state index in [1.807, 2.05) is 13.0 Å². The molecule has 0 N–H and O–H groups in total. The van der Waals surface area contributed by atoms with Crippen LogP contribution in [0.1, 0.15) is 31.0 Å². The van der Waals surface area contributed by atoms with Crippen molar-refractivity contribution < 1.29 is 4.74 Å². The first kappa shape index (κ1) is 10.9. The smallest absolute Gasteiger partial charge is 0.123 e. The molecule has 0 saturated carbocycles. The summed E-state index contributed by atoms with van der Waals surface area (Å²) in [4.78, 5) is 8.63. The lowest BCUT2D eigenvalue weighted by Gasteiger charge is -2.11.